The van der Waals surface area contributed by atoms with Crippen LogP contribution in [0, 0.1) is 10.1 Å². The molecule has 3 aromatic rings. The van der Waals surface area contributed by atoms with Gasteiger partial charge in [0.25, 0.3) is 11.6 Å². The maximum atomic E-state index is 14.0. The van der Waals surface area contributed by atoms with Crippen molar-refractivity contribution in [3.05, 3.63) is 112 Å². The molecule has 0 radical (unpaired) electrons. The molecule has 0 aliphatic carbocycles. The molecule has 0 bridgehead atoms. The summed E-state index contributed by atoms with van der Waals surface area (Å²) < 4.78 is 10.6. The lowest BCUT2D eigenvalue weighted by molar-refractivity contribution is -0.385. The smallest absolute Gasteiger partial charge is 0.344 e. The number of benzene rings is 3. The maximum Gasteiger partial charge on any atom is 0.344 e. The topological polar surface area (TPSA) is 133 Å². The molecular formula is C29H26N2O8. The molecular weight excluding hydrogens is 504 g/mol. The number of nitro groups is 1. The molecule has 200 valence electrons. The third-order valence-electron chi connectivity index (χ3n) is 6.60. The summed E-state index contributed by atoms with van der Waals surface area (Å²) in [5, 5.41) is 11.6. The van der Waals surface area contributed by atoms with Crippen LogP contribution >= 0.6 is 0 Å². The molecule has 3 aromatic carbocycles. The number of likely N-dealkylation sites (tertiary alicyclic amines) is 1. The van der Waals surface area contributed by atoms with Gasteiger partial charge in [0.1, 0.15) is 6.04 Å². The third-order valence-corrected chi connectivity index (χ3v) is 6.60. The van der Waals surface area contributed by atoms with Crippen molar-refractivity contribution < 1.29 is 33.6 Å². The second-order valence-electron chi connectivity index (χ2n) is 8.75. The van der Waals surface area contributed by atoms with Crippen molar-refractivity contribution in [1.29, 1.82) is 0 Å². The summed E-state index contributed by atoms with van der Waals surface area (Å²) in [5.41, 5.74) is -2.24. The number of esters is 2. The Kier molecular flexibility index (Phi) is 7.85. The van der Waals surface area contributed by atoms with Crippen LogP contribution in [0.1, 0.15) is 46.0 Å². The van der Waals surface area contributed by atoms with Gasteiger partial charge in [0.15, 0.2) is 5.78 Å². The molecule has 1 aliphatic heterocycles. The largest absolute Gasteiger partial charge is 0.464 e. The lowest BCUT2D eigenvalue weighted by Crippen LogP contribution is -2.82. The molecule has 1 heterocycles. The molecule has 0 N–H and O–H groups in total. The van der Waals surface area contributed by atoms with Crippen LogP contribution in [0.25, 0.3) is 0 Å². The van der Waals surface area contributed by atoms with Crippen molar-refractivity contribution >= 4 is 29.3 Å². The highest BCUT2D eigenvalue weighted by molar-refractivity contribution is 6.18. The van der Waals surface area contributed by atoms with Gasteiger partial charge in [-0.25, -0.2) is 9.59 Å². The molecule has 39 heavy (non-hydrogen) atoms. The summed E-state index contributed by atoms with van der Waals surface area (Å²) in [5.74, 6) is -4.85. The number of ketones is 1. The van der Waals surface area contributed by atoms with Gasteiger partial charge in [0.2, 0.25) is 5.54 Å². The zero-order valence-electron chi connectivity index (χ0n) is 21.3. The molecule has 10 nitrogen and oxygen atoms in total. The molecule has 1 saturated heterocycles. The molecule has 0 spiro atoms. The van der Waals surface area contributed by atoms with E-state index in [-0.39, 0.29) is 35.6 Å². The lowest BCUT2D eigenvalue weighted by Gasteiger charge is -2.59. The van der Waals surface area contributed by atoms with Crippen molar-refractivity contribution in [3.63, 3.8) is 0 Å². The monoisotopic (exact) mass is 530 g/mol. The average molecular weight is 531 g/mol. The summed E-state index contributed by atoms with van der Waals surface area (Å²) >= 11 is 0. The Hall–Kier alpha value is -4.86. The normalized spacial score (nSPS) is 17.4. The second kappa shape index (κ2) is 11.3. The van der Waals surface area contributed by atoms with Crippen LogP contribution in [-0.4, -0.2) is 58.2 Å². The van der Waals surface area contributed by atoms with Crippen molar-refractivity contribution in [2.75, 3.05) is 13.2 Å². The van der Waals surface area contributed by atoms with Gasteiger partial charge in [-0.2, -0.15) is 0 Å². The van der Waals surface area contributed by atoms with Crippen molar-refractivity contribution in [3.8, 4) is 0 Å². The number of amides is 1. The number of carbonyl (C=O) groups is 4. The molecule has 1 fully saturated rings. The van der Waals surface area contributed by atoms with E-state index in [0.29, 0.717) is 0 Å². The minimum Gasteiger partial charge on any atom is -0.464 e. The summed E-state index contributed by atoms with van der Waals surface area (Å²) in [6.45, 7) is 2.81. The molecule has 0 unspecified atom stereocenters. The summed E-state index contributed by atoms with van der Waals surface area (Å²) in [4.78, 5) is 67.4. The molecule has 1 aliphatic rings. The highest BCUT2D eigenvalue weighted by Gasteiger charge is 2.75. The quantitative estimate of drug-likeness (QED) is 0.134. The first-order chi connectivity index (χ1) is 18.8. The standard InChI is InChI=1S/C29H26N2O8/c1-3-38-27(34)29(28(35)39-4-2)23(21-16-11-17-22(18-21)31(36)37)24(25(32)19-12-7-5-8-13-19)30(29)26(33)20-14-9-6-10-15-20/h5-18,23-24H,3-4H2,1-2H3/t23-,24+/m1/s1. The van der Waals surface area contributed by atoms with Gasteiger partial charge in [-0.15, -0.1) is 0 Å². The Bertz CT molecular complexity index is 1390. The first-order valence-corrected chi connectivity index (χ1v) is 12.4. The molecule has 0 saturated carbocycles. The predicted octanol–water partition coefficient (Wildman–Crippen LogP) is 3.95. The average Bonchev–Trinajstić information content (AvgIpc) is 2.94. The van der Waals surface area contributed by atoms with Gasteiger partial charge >= 0.3 is 11.9 Å². The SMILES string of the molecule is CCOC(=O)C1(C(=O)OCC)[C@H](c2cccc([N+](=O)[O-])c2)[C@@H](C(=O)c2ccccc2)N1C(=O)c1ccccc1. The summed E-state index contributed by atoms with van der Waals surface area (Å²) in [6.07, 6.45) is 0. The minimum absolute atomic E-state index is 0.124. The number of nitrogens with zero attached hydrogens (tertiary/aromatic N) is 2. The number of non-ortho nitro benzene ring substituents is 1. The highest BCUT2D eigenvalue weighted by Crippen LogP contribution is 2.53. The van der Waals surface area contributed by atoms with Crippen LogP contribution in [0.3, 0.4) is 0 Å². The Morgan fingerprint density at radius 1 is 0.821 bits per heavy atom. The van der Waals surface area contributed by atoms with Crippen molar-refractivity contribution in [2.45, 2.75) is 31.3 Å². The van der Waals surface area contributed by atoms with E-state index in [2.05, 4.69) is 0 Å². The lowest BCUT2D eigenvalue weighted by atomic mass is 9.62. The van der Waals surface area contributed by atoms with Crippen LogP contribution in [-0.2, 0) is 19.1 Å². The second-order valence-corrected chi connectivity index (χ2v) is 8.75. The number of nitro benzene ring substituents is 1. The van der Waals surface area contributed by atoms with Crippen LogP contribution in [0.15, 0.2) is 84.9 Å². The van der Waals surface area contributed by atoms with E-state index >= 15 is 0 Å². The van der Waals surface area contributed by atoms with E-state index in [1.54, 1.807) is 48.5 Å². The maximum absolute atomic E-state index is 14.0. The Labute approximate surface area is 224 Å². The highest BCUT2D eigenvalue weighted by atomic mass is 16.6. The molecule has 4 rings (SSSR count). The fourth-order valence-corrected chi connectivity index (χ4v) is 4.98. The molecule has 1 amide bonds. The fourth-order valence-electron chi connectivity index (χ4n) is 4.98. The van der Waals surface area contributed by atoms with Gasteiger partial charge in [0, 0.05) is 23.3 Å². The molecule has 10 heteroatoms. The number of hydrogen-bond acceptors (Lipinski definition) is 8. The Morgan fingerprint density at radius 2 is 1.36 bits per heavy atom. The number of ether oxygens (including phenoxy) is 2. The van der Waals surface area contributed by atoms with E-state index < -0.39 is 46.1 Å². The third kappa shape index (κ3) is 4.65. The minimum atomic E-state index is -2.41. The van der Waals surface area contributed by atoms with E-state index in [4.69, 9.17) is 9.47 Å². The predicted molar refractivity (Wildman–Crippen MR) is 139 cm³/mol. The number of carbonyl (C=O) groups excluding carboxylic acids is 4. The number of rotatable bonds is 9. The zero-order valence-corrected chi connectivity index (χ0v) is 21.3. The van der Waals surface area contributed by atoms with Crippen LogP contribution < -0.4 is 0 Å². The molecule has 0 aromatic heterocycles. The summed E-state index contributed by atoms with van der Waals surface area (Å²) in [6, 6.07) is 19.9. The van der Waals surface area contributed by atoms with E-state index in [1.807, 2.05) is 0 Å². The van der Waals surface area contributed by atoms with Gasteiger partial charge < -0.3 is 14.4 Å². The first-order valence-electron chi connectivity index (χ1n) is 12.4. The number of hydrogen-bond donors (Lipinski definition) is 0. The van der Waals surface area contributed by atoms with Gasteiger partial charge in [-0.3, -0.25) is 19.7 Å². The van der Waals surface area contributed by atoms with E-state index in [0.717, 1.165) is 4.90 Å². The van der Waals surface area contributed by atoms with Crippen molar-refractivity contribution in [1.82, 2.24) is 4.90 Å². The van der Waals surface area contributed by atoms with Crippen LogP contribution in [0.5, 0.6) is 0 Å². The zero-order chi connectivity index (χ0) is 28.2. The fraction of sp³-hybridized carbons (Fsp3) is 0.241. The van der Waals surface area contributed by atoms with E-state index in [9.17, 15) is 29.3 Å². The van der Waals surface area contributed by atoms with E-state index in [1.165, 1.54) is 50.2 Å². The van der Waals surface area contributed by atoms with Gasteiger partial charge in [-0.05, 0) is 31.5 Å². The first kappa shape index (κ1) is 27.2. The number of Topliss-reactive ketones (excluding diaryl/α,β-unsaturated/α-hetero) is 1. The Morgan fingerprint density at radius 3 is 1.87 bits per heavy atom. The van der Waals surface area contributed by atoms with Gasteiger partial charge in [-0.1, -0.05) is 60.7 Å². The Balaban J connectivity index is 2.02. The molecule has 2 atom stereocenters. The summed E-state index contributed by atoms with van der Waals surface area (Å²) in [7, 11) is 0. The van der Waals surface area contributed by atoms with Gasteiger partial charge in [0.05, 0.1) is 24.1 Å². The van der Waals surface area contributed by atoms with Crippen LogP contribution in [0.2, 0.25) is 0 Å². The van der Waals surface area contributed by atoms with Crippen molar-refractivity contribution in [2.24, 2.45) is 0 Å². The van der Waals surface area contributed by atoms with Crippen LogP contribution in [0.4, 0.5) is 5.69 Å².